The number of hydrogen-bond donors (Lipinski definition) is 1. The predicted molar refractivity (Wildman–Crippen MR) is 73.9 cm³/mol. The SMILES string of the molecule is COC(=O)CCCS(=O)(=O)N1Cc2[nH]ncc2C1C(=O)OC. The van der Waals surface area contributed by atoms with E-state index in [1.807, 2.05) is 0 Å². The summed E-state index contributed by atoms with van der Waals surface area (Å²) in [6.07, 6.45) is 1.53. The highest BCUT2D eigenvalue weighted by Crippen LogP contribution is 2.35. The summed E-state index contributed by atoms with van der Waals surface area (Å²) in [5.74, 6) is -1.40. The van der Waals surface area contributed by atoms with Gasteiger partial charge in [-0.3, -0.25) is 9.89 Å². The van der Waals surface area contributed by atoms with E-state index in [1.165, 1.54) is 20.4 Å². The van der Waals surface area contributed by atoms with Crippen LogP contribution in [0.2, 0.25) is 0 Å². The summed E-state index contributed by atoms with van der Waals surface area (Å²) in [6, 6.07) is -1.04. The maximum absolute atomic E-state index is 12.4. The number of hydrogen-bond acceptors (Lipinski definition) is 7. The normalized spacial score (nSPS) is 18.0. The minimum Gasteiger partial charge on any atom is -0.469 e. The fourth-order valence-corrected chi connectivity index (χ4v) is 3.91. The minimum atomic E-state index is -3.73. The molecule has 0 aromatic carbocycles. The zero-order chi connectivity index (χ0) is 16.3. The van der Waals surface area contributed by atoms with E-state index in [0.717, 1.165) is 4.31 Å². The molecule has 1 aromatic rings. The number of methoxy groups -OCH3 is 2. The van der Waals surface area contributed by atoms with Gasteiger partial charge in [-0.05, 0) is 6.42 Å². The molecule has 1 aliphatic heterocycles. The highest BCUT2D eigenvalue weighted by Gasteiger charge is 2.44. The van der Waals surface area contributed by atoms with Crippen LogP contribution in [0.5, 0.6) is 0 Å². The molecule has 0 spiro atoms. The number of H-pyrrole nitrogens is 1. The lowest BCUT2D eigenvalue weighted by molar-refractivity contribution is -0.145. The summed E-state index contributed by atoms with van der Waals surface area (Å²) < 4.78 is 35.1. The molecule has 1 N–H and O–H groups in total. The summed E-state index contributed by atoms with van der Waals surface area (Å²) in [7, 11) is -1.29. The van der Waals surface area contributed by atoms with E-state index >= 15 is 0 Å². The predicted octanol–water partition coefficient (Wildman–Crippen LogP) is -0.278. The molecule has 0 radical (unpaired) electrons. The molecule has 1 unspecified atom stereocenters. The largest absolute Gasteiger partial charge is 0.469 e. The molecule has 0 saturated heterocycles. The second kappa shape index (κ2) is 6.44. The molecule has 0 aliphatic carbocycles. The van der Waals surface area contributed by atoms with E-state index in [4.69, 9.17) is 0 Å². The maximum atomic E-state index is 12.4. The van der Waals surface area contributed by atoms with Crippen LogP contribution in [0, 0.1) is 0 Å². The number of carbonyl (C=O) groups excluding carboxylic acids is 2. The second-order valence-corrected chi connectivity index (χ2v) is 6.81. The molecule has 0 saturated carbocycles. The Kier molecular flexibility index (Phi) is 4.81. The Morgan fingerprint density at radius 1 is 1.41 bits per heavy atom. The number of rotatable bonds is 6. The summed E-state index contributed by atoms with van der Waals surface area (Å²) >= 11 is 0. The summed E-state index contributed by atoms with van der Waals surface area (Å²) in [6.45, 7) is 0.0235. The molecule has 0 bridgehead atoms. The molecule has 2 heterocycles. The number of nitrogens with zero attached hydrogens (tertiary/aromatic N) is 2. The standard InChI is InChI=1S/C12H17N3O6S/c1-20-10(16)4-3-5-22(18,19)15-7-9-8(6-13-14-9)11(15)12(17)21-2/h6,11H,3-5,7H2,1-2H3,(H,13,14). The van der Waals surface area contributed by atoms with Crippen molar-refractivity contribution in [3.63, 3.8) is 0 Å². The van der Waals surface area contributed by atoms with E-state index in [9.17, 15) is 18.0 Å². The Morgan fingerprint density at radius 3 is 2.77 bits per heavy atom. The van der Waals surface area contributed by atoms with Crippen molar-refractivity contribution in [3.8, 4) is 0 Å². The molecule has 1 atom stereocenters. The van der Waals surface area contributed by atoms with Crippen LogP contribution in [0.25, 0.3) is 0 Å². The lowest BCUT2D eigenvalue weighted by Crippen LogP contribution is -2.36. The molecule has 9 nitrogen and oxygen atoms in total. The van der Waals surface area contributed by atoms with Gasteiger partial charge in [0.25, 0.3) is 0 Å². The van der Waals surface area contributed by atoms with Crippen LogP contribution in [-0.4, -0.2) is 54.8 Å². The third-order valence-corrected chi connectivity index (χ3v) is 5.30. The van der Waals surface area contributed by atoms with Crippen molar-refractivity contribution in [1.29, 1.82) is 0 Å². The number of esters is 2. The third kappa shape index (κ3) is 3.12. The Morgan fingerprint density at radius 2 is 2.14 bits per heavy atom. The summed E-state index contributed by atoms with van der Waals surface area (Å²) in [5.41, 5.74) is 1.05. The van der Waals surface area contributed by atoms with Gasteiger partial charge in [-0.15, -0.1) is 0 Å². The fraction of sp³-hybridized carbons (Fsp3) is 0.583. The number of aromatic nitrogens is 2. The van der Waals surface area contributed by atoms with E-state index in [1.54, 1.807) is 0 Å². The molecule has 122 valence electrons. The van der Waals surface area contributed by atoms with Crippen LogP contribution in [0.1, 0.15) is 30.1 Å². The number of ether oxygens (including phenoxy) is 2. The highest BCUT2D eigenvalue weighted by molar-refractivity contribution is 7.89. The Balaban J connectivity index is 2.14. The van der Waals surface area contributed by atoms with Gasteiger partial charge in [-0.2, -0.15) is 9.40 Å². The van der Waals surface area contributed by atoms with Crippen LogP contribution in [0.3, 0.4) is 0 Å². The van der Waals surface area contributed by atoms with Gasteiger partial charge in [0.15, 0.2) is 6.04 Å². The van der Waals surface area contributed by atoms with Crippen molar-refractivity contribution in [2.45, 2.75) is 25.4 Å². The smallest absolute Gasteiger partial charge is 0.328 e. The van der Waals surface area contributed by atoms with Gasteiger partial charge in [-0.1, -0.05) is 0 Å². The van der Waals surface area contributed by atoms with Gasteiger partial charge >= 0.3 is 11.9 Å². The summed E-state index contributed by atoms with van der Waals surface area (Å²) in [5, 5.41) is 6.48. The average Bonchev–Trinajstić information content (AvgIpc) is 3.06. The first-order chi connectivity index (χ1) is 10.4. The number of fused-ring (bicyclic) bond motifs is 1. The fourth-order valence-electron chi connectivity index (χ4n) is 2.32. The second-order valence-electron chi connectivity index (χ2n) is 4.77. The van der Waals surface area contributed by atoms with Crippen LogP contribution in [-0.2, 0) is 35.6 Å². The molecule has 1 aromatic heterocycles. The molecule has 10 heteroatoms. The zero-order valence-corrected chi connectivity index (χ0v) is 13.1. The Labute approximate surface area is 127 Å². The van der Waals surface area contributed by atoms with Crippen LogP contribution >= 0.6 is 0 Å². The molecular formula is C12H17N3O6S. The van der Waals surface area contributed by atoms with E-state index < -0.39 is 28.0 Å². The van der Waals surface area contributed by atoms with Crippen molar-refractivity contribution in [3.05, 3.63) is 17.5 Å². The Bertz CT molecular complexity index is 668. The molecule has 22 heavy (non-hydrogen) atoms. The molecular weight excluding hydrogens is 314 g/mol. The molecule has 0 amide bonds. The minimum absolute atomic E-state index is 0.000682. The van der Waals surface area contributed by atoms with Gasteiger partial charge in [0.05, 0.1) is 38.4 Å². The highest BCUT2D eigenvalue weighted by atomic mass is 32.2. The van der Waals surface area contributed by atoms with Crippen molar-refractivity contribution < 1.29 is 27.5 Å². The Hall–Kier alpha value is -1.94. The van der Waals surface area contributed by atoms with Gasteiger partial charge < -0.3 is 9.47 Å². The topological polar surface area (TPSA) is 119 Å². The summed E-state index contributed by atoms with van der Waals surface area (Å²) in [4.78, 5) is 23.0. The monoisotopic (exact) mass is 331 g/mol. The van der Waals surface area contributed by atoms with E-state index in [2.05, 4.69) is 19.7 Å². The molecule has 1 aliphatic rings. The quantitative estimate of drug-likeness (QED) is 0.712. The van der Waals surface area contributed by atoms with Gasteiger partial charge in [0, 0.05) is 12.0 Å². The first kappa shape index (κ1) is 16.4. The van der Waals surface area contributed by atoms with E-state index in [0.29, 0.717) is 11.3 Å². The number of carbonyl (C=O) groups is 2. The van der Waals surface area contributed by atoms with Crippen molar-refractivity contribution in [1.82, 2.24) is 14.5 Å². The number of sulfonamides is 1. The molecule has 2 rings (SSSR count). The van der Waals surface area contributed by atoms with Crippen molar-refractivity contribution in [2.24, 2.45) is 0 Å². The van der Waals surface area contributed by atoms with Crippen molar-refractivity contribution in [2.75, 3.05) is 20.0 Å². The van der Waals surface area contributed by atoms with Gasteiger partial charge in [-0.25, -0.2) is 13.2 Å². The lowest BCUT2D eigenvalue weighted by Gasteiger charge is -2.22. The van der Waals surface area contributed by atoms with Gasteiger partial charge in [0.2, 0.25) is 10.0 Å². The van der Waals surface area contributed by atoms with Crippen LogP contribution in [0.4, 0.5) is 0 Å². The third-order valence-electron chi connectivity index (χ3n) is 3.44. The van der Waals surface area contributed by atoms with E-state index in [-0.39, 0.29) is 25.1 Å². The average molecular weight is 331 g/mol. The van der Waals surface area contributed by atoms with Crippen LogP contribution in [0.15, 0.2) is 6.20 Å². The number of nitrogens with one attached hydrogen (secondary N) is 1. The van der Waals surface area contributed by atoms with Crippen molar-refractivity contribution >= 4 is 22.0 Å². The zero-order valence-electron chi connectivity index (χ0n) is 12.2. The van der Waals surface area contributed by atoms with Crippen LogP contribution < -0.4 is 0 Å². The first-order valence-corrected chi connectivity index (χ1v) is 8.18. The van der Waals surface area contributed by atoms with Gasteiger partial charge in [0.1, 0.15) is 0 Å². The first-order valence-electron chi connectivity index (χ1n) is 6.57. The maximum Gasteiger partial charge on any atom is 0.328 e. The number of aromatic amines is 1. The lowest BCUT2D eigenvalue weighted by atomic mass is 10.2. The molecule has 0 fully saturated rings.